The van der Waals surface area contributed by atoms with E-state index in [4.69, 9.17) is 19.9 Å². The summed E-state index contributed by atoms with van der Waals surface area (Å²) in [6.07, 6.45) is 3.13. The Morgan fingerprint density at radius 1 is 1.07 bits per heavy atom. The zero-order chi connectivity index (χ0) is 18.4. The number of pyridine rings is 1. The van der Waals surface area contributed by atoms with E-state index in [1.807, 2.05) is 30.3 Å². The number of hydrazine groups is 1. The molecule has 27 heavy (non-hydrogen) atoms. The van der Waals surface area contributed by atoms with Crippen LogP contribution in [0.15, 0.2) is 54.2 Å². The minimum Gasteiger partial charge on any atom is -0.458 e. The van der Waals surface area contributed by atoms with Crippen LogP contribution in [0.4, 0.5) is 0 Å². The van der Waals surface area contributed by atoms with E-state index in [0.717, 1.165) is 11.1 Å². The molecule has 0 aliphatic carbocycles. The first-order chi connectivity index (χ1) is 13.3. The summed E-state index contributed by atoms with van der Waals surface area (Å²) < 4.78 is 16.7. The van der Waals surface area contributed by atoms with Gasteiger partial charge in [0.1, 0.15) is 6.07 Å². The highest BCUT2D eigenvalue weighted by Crippen LogP contribution is 2.48. The van der Waals surface area contributed by atoms with Gasteiger partial charge >= 0.3 is 0 Å². The number of nitrogens with two attached hydrogens (primary N) is 1. The lowest BCUT2D eigenvalue weighted by Crippen LogP contribution is -2.40. The van der Waals surface area contributed by atoms with Crippen LogP contribution in [0.5, 0.6) is 11.5 Å². The first kappa shape index (κ1) is 15.9. The molecule has 1 fully saturated rings. The minimum absolute atomic E-state index is 0.0788. The molecule has 4 N–H and O–H groups in total. The first-order valence-corrected chi connectivity index (χ1v) is 8.63. The predicted octanol–water partition coefficient (Wildman–Crippen LogP) is 1.41. The summed E-state index contributed by atoms with van der Waals surface area (Å²) in [5.41, 5.74) is 14.9. The molecule has 4 heterocycles. The second-order valence-corrected chi connectivity index (χ2v) is 6.64. The Morgan fingerprint density at radius 2 is 1.89 bits per heavy atom. The Hall–Kier alpha value is -3.28. The molecule has 4 atom stereocenters. The molecule has 3 aliphatic heterocycles. The number of nitrogens with one attached hydrogen (secondary N) is 2. The molecular weight excluding hydrogens is 346 g/mol. The predicted molar refractivity (Wildman–Crippen MR) is 93.7 cm³/mol. The van der Waals surface area contributed by atoms with Crippen LogP contribution in [0.1, 0.15) is 23.1 Å². The number of rotatable bonds is 2. The molecule has 2 aromatic rings. The molecule has 8 nitrogen and oxygen atoms in total. The molecule has 4 unspecified atom stereocenters. The highest BCUT2D eigenvalue weighted by atomic mass is 16.7. The molecule has 1 saturated heterocycles. The fourth-order valence-corrected chi connectivity index (χ4v) is 4.06. The maximum atomic E-state index is 9.79. The Bertz CT molecular complexity index is 956. The van der Waals surface area contributed by atoms with E-state index in [0.29, 0.717) is 17.1 Å². The monoisotopic (exact) mass is 363 g/mol. The molecule has 1 aromatic heterocycles. The lowest BCUT2D eigenvalue weighted by molar-refractivity contribution is 0.0340. The van der Waals surface area contributed by atoms with Crippen LogP contribution in [0.2, 0.25) is 0 Å². The third-order valence-electron chi connectivity index (χ3n) is 5.27. The first-order valence-electron chi connectivity index (χ1n) is 8.63. The lowest BCUT2D eigenvalue weighted by Gasteiger charge is -2.35. The molecular formula is C19H17N5O3. The summed E-state index contributed by atoms with van der Waals surface area (Å²) in [5.74, 6) is 1.17. The van der Waals surface area contributed by atoms with Gasteiger partial charge in [-0.1, -0.05) is 6.07 Å². The number of nitriles is 1. The van der Waals surface area contributed by atoms with Gasteiger partial charge in [-0.3, -0.25) is 4.98 Å². The fourth-order valence-electron chi connectivity index (χ4n) is 4.06. The van der Waals surface area contributed by atoms with E-state index < -0.39 is 0 Å². The number of benzene rings is 1. The highest BCUT2D eigenvalue weighted by molar-refractivity contribution is 5.50. The smallest absolute Gasteiger partial charge is 0.231 e. The number of hydrogen-bond donors (Lipinski definition) is 3. The van der Waals surface area contributed by atoms with Gasteiger partial charge < -0.3 is 19.9 Å². The number of nitrogens with zero attached hydrogens (tertiary/aromatic N) is 2. The molecule has 136 valence electrons. The van der Waals surface area contributed by atoms with Crippen molar-refractivity contribution in [1.82, 2.24) is 15.8 Å². The quantitative estimate of drug-likeness (QED) is 0.734. The van der Waals surface area contributed by atoms with Gasteiger partial charge in [0, 0.05) is 24.2 Å². The lowest BCUT2D eigenvalue weighted by atomic mass is 9.74. The molecule has 0 spiro atoms. The fraction of sp³-hybridized carbons (Fsp3) is 0.263. The van der Waals surface area contributed by atoms with Gasteiger partial charge in [-0.05, 0) is 35.4 Å². The molecule has 0 radical (unpaired) electrons. The topological polar surface area (TPSA) is 114 Å². The number of allylic oxidation sites excluding steroid dienone is 1. The summed E-state index contributed by atoms with van der Waals surface area (Å²) >= 11 is 0. The van der Waals surface area contributed by atoms with Gasteiger partial charge in [-0.15, -0.1) is 0 Å². The van der Waals surface area contributed by atoms with Crippen LogP contribution in [-0.2, 0) is 4.74 Å². The van der Waals surface area contributed by atoms with Crippen molar-refractivity contribution < 1.29 is 14.2 Å². The zero-order valence-corrected chi connectivity index (χ0v) is 14.3. The average Bonchev–Trinajstić information content (AvgIpc) is 3.33. The molecule has 5 rings (SSSR count). The minimum atomic E-state index is -0.365. The van der Waals surface area contributed by atoms with Crippen LogP contribution in [0.3, 0.4) is 0 Å². The van der Waals surface area contributed by atoms with Crippen molar-refractivity contribution in [2.24, 2.45) is 11.7 Å². The van der Waals surface area contributed by atoms with Crippen LogP contribution in [-0.4, -0.2) is 18.0 Å². The number of fused-ring (bicyclic) bond motifs is 2. The Morgan fingerprint density at radius 3 is 2.70 bits per heavy atom. The van der Waals surface area contributed by atoms with E-state index in [2.05, 4.69) is 21.9 Å². The highest BCUT2D eigenvalue weighted by Gasteiger charge is 2.49. The van der Waals surface area contributed by atoms with Crippen LogP contribution < -0.4 is 26.1 Å². The van der Waals surface area contributed by atoms with Crippen LogP contribution >= 0.6 is 0 Å². The van der Waals surface area contributed by atoms with E-state index >= 15 is 0 Å². The summed E-state index contributed by atoms with van der Waals surface area (Å²) in [7, 11) is 0. The van der Waals surface area contributed by atoms with Crippen molar-refractivity contribution in [3.63, 3.8) is 0 Å². The summed E-state index contributed by atoms with van der Waals surface area (Å²) in [4.78, 5) is 4.09. The van der Waals surface area contributed by atoms with Crippen LogP contribution in [0.25, 0.3) is 0 Å². The van der Waals surface area contributed by atoms with Crippen molar-refractivity contribution >= 4 is 0 Å². The maximum absolute atomic E-state index is 9.79. The average molecular weight is 363 g/mol. The van der Waals surface area contributed by atoms with Crippen molar-refractivity contribution in [3.8, 4) is 17.6 Å². The normalized spacial score (nSPS) is 28.4. The van der Waals surface area contributed by atoms with Crippen molar-refractivity contribution in [1.29, 1.82) is 5.26 Å². The molecule has 8 heteroatoms. The molecule has 0 bridgehead atoms. The Balaban J connectivity index is 1.62. The van der Waals surface area contributed by atoms with Gasteiger partial charge in [-0.25, -0.2) is 10.9 Å². The summed E-state index contributed by atoms with van der Waals surface area (Å²) in [5, 5.41) is 9.79. The van der Waals surface area contributed by atoms with Gasteiger partial charge in [0.05, 0.1) is 11.6 Å². The van der Waals surface area contributed by atoms with E-state index in [1.165, 1.54) is 0 Å². The molecule has 3 aliphatic rings. The Kier molecular flexibility index (Phi) is 3.63. The van der Waals surface area contributed by atoms with Gasteiger partial charge in [0.15, 0.2) is 17.7 Å². The van der Waals surface area contributed by atoms with Crippen molar-refractivity contribution in [2.45, 2.75) is 18.2 Å². The second-order valence-electron chi connectivity index (χ2n) is 6.64. The molecule has 0 amide bonds. The Labute approximate surface area is 155 Å². The second kappa shape index (κ2) is 6.16. The van der Waals surface area contributed by atoms with E-state index in [1.54, 1.807) is 12.4 Å². The number of ether oxygens (including phenoxy) is 3. The number of aromatic nitrogens is 1. The van der Waals surface area contributed by atoms with E-state index in [-0.39, 0.29) is 36.8 Å². The van der Waals surface area contributed by atoms with Gasteiger partial charge in [-0.2, -0.15) is 5.26 Å². The SMILES string of the molecule is N#CC1=C(N)OC2NNC(c3ccncc3)C2C1c1ccc2c(c1)OCO2. The van der Waals surface area contributed by atoms with Crippen molar-refractivity contribution in [3.05, 3.63) is 65.3 Å². The zero-order valence-electron chi connectivity index (χ0n) is 14.3. The molecule has 0 saturated carbocycles. The van der Waals surface area contributed by atoms with E-state index in [9.17, 15) is 5.26 Å². The van der Waals surface area contributed by atoms with Crippen LogP contribution in [0, 0.1) is 17.2 Å². The van der Waals surface area contributed by atoms with Gasteiger partial charge in [0.2, 0.25) is 12.7 Å². The largest absolute Gasteiger partial charge is 0.458 e. The standard InChI is InChI=1S/C19H17N5O3/c20-8-12-15(11-1-2-13-14(7-11)26-9-25-13)16-17(10-3-5-22-6-4-10)23-24-19(16)27-18(12)21/h1-7,15-17,19,23-24H,9,21H2. The van der Waals surface area contributed by atoms with Gasteiger partial charge in [0.25, 0.3) is 0 Å². The third kappa shape index (κ3) is 2.48. The van der Waals surface area contributed by atoms with Crippen molar-refractivity contribution in [2.75, 3.05) is 6.79 Å². The third-order valence-corrected chi connectivity index (χ3v) is 5.27. The molecule has 1 aromatic carbocycles. The maximum Gasteiger partial charge on any atom is 0.231 e. The number of hydrogen-bond acceptors (Lipinski definition) is 8. The summed E-state index contributed by atoms with van der Waals surface area (Å²) in [6, 6.07) is 11.8. The summed E-state index contributed by atoms with van der Waals surface area (Å²) in [6.45, 7) is 0.199.